The lowest BCUT2D eigenvalue weighted by atomic mass is 9.92. The largest absolute Gasteiger partial charge is 0.381 e. The van der Waals surface area contributed by atoms with E-state index in [9.17, 15) is 4.79 Å². The number of alkyl halides is 1. The zero-order valence-electron chi connectivity index (χ0n) is 8.83. The molecule has 0 unspecified atom stereocenters. The maximum absolute atomic E-state index is 11.9. The first-order valence-electron chi connectivity index (χ1n) is 5.21. The fourth-order valence-electron chi connectivity index (χ4n) is 1.74. The average molecular weight is 288 g/mol. The maximum atomic E-state index is 11.9. The first-order valence-corrected chi connectivity index (χ1v) is 6.33. The summed E-state index contributed by atoms with van der Waals surface area (Å²) in [5, 5.41) is 10.2. The topological polar surface area (TPSA) is 67.0 Å². The molecule has 1 aromatic heterocycles. The van der Waals surface area contributed by atoms with Gasteiger partial charge >= 0.3 is 0 Å². The van der Waals surface area contributed by atoms with Crippen LogP contribution in [0.4, 0.5) is 0 Å². The Morgan fingerprint density at radius 2 is 2.38 bits per heavy atom. The standard InChI is InChI=1S/C10H14BrN3O2/c11-7-10(2-5-16-6-3-10)13-9(15)8-1-4-12-14-8/h1,4H,2-3,5-7H2,(H,12,14)(H,13,15). The molecule has 2 N–H and O–H groups in total. The summed E-state index contributed by atoms with van der Waals surface area (Å²) >= 11 is 3.46. The number of rotatable bonds is 3. The number of nitrogens with one attached hydrogen (secondary N) is 2. The second kappa shape index (κ2) is 4.97. The van der Waals surface area contributed by atoms with Gasteiger partial charge in [0.25, 0.3) is 5.91 Å². The number of hydrogen-bond donors (Lipinski definition) is 2. The van der Waals surface area contributed by atoms with Crippen molar-refractivity contribution in [3.05, 3.63) is 18.0 Å². The molecule has 16 heavy (non-hydrogen) atoms. The Kier molecular flexibility index (Phi) is 3.60. The quantitative estimate of drug-likeness (QED) is 0.818. The maximum Gasteiger partial charge on any atom is 0.269 e. The van der Waals surface area contributed by atoms with E-state index in [0.717, 1.165) is 18.2 Å². The lowest BCUT2D eigenvalue weighted by Gasteiger charge is -2.36. The van der Waals surface area contributed by atoms with Gasteiger partial charge in [-0.05, 0) is 18.9 Å². The van der Waals surface area contributed by atoms with Gasteiger partial charge in [-0.1, -0.05) is 15.9 Å². The molecule has 0 atom stereocenters. The average Bonchev–Trinajstić information content (AvgIpc) is 2.84. The molecule has 0 aliphatic carbocycles. The Hall–Kier alpha value is -0.880. The summed E-state index contributed by atoms with van der Waals surface area (Å²) in [5.41, 5.74) is 0.298. The monoisotopic (exact) mass is 287 g/mol. The molecule has 2 rings (SSSR count). The van der Waals surface area contributed by atoms with E-state index in [1.165, 1.54) is 0 Å². The Balaban J connectivity index is 2.03. The molecule has 1 amide bonds. The SMILES string of the molecule is O=C(NC1(CBr)CCOCC1)c1ccn[nH]1. The number of aromatic nitrogens is 2. The molecule has 5 nitrogen and oxygen atoms in total. The minimum absolute atomic E-state index is 0.112. The molecule has 2 heterocycles. The number of nitrogens with zero attached hydrogens (tertiary/aromatic N) is 1. The molecule has 88 valence electrons. The minimum Gasteiger partial charge on any atom is -0.381 e. The molecular weight excluding hydrogens is 274 g/mol. The van der Waals surface area contributed by atoms with Crippen LogP contribution in [0, 0.1) is 0 Å². The van der Waals surface area contributed by atoms with E-state index in [0.29, 0.717) is 18.9 Å². The van der Waals surface area contributed by atoms with E-state index in [1.54, 1.807) is 12.3 Å². The Labute approximate surface area is 102 Å². The highest BCUT2D eigenvalue weighted by Crippen LogP contribution is 2.23. The molecular formula is C10H14BrN3O2. The first-order chi connectivity index (χ1) is 7.76. The number of hydrogen-bond acceptors (Lipinski definition) is 3. The van der Waals surface area contributed by atoms with Crippen molar-refractivity contribution < 1.29 is 9.53 Å². The number of halogens is 1. The van der Waals surface area contributed by atoms with E-state index in [-0.39, 0.29) is 11.4 Å². The fourth-order valence-corrected chi connectivity index (χ4v) is 2.45. The van der Waals surface area contributed by atoms with Gasteiger partial charge in [0.1, 0.15) is 5.69 Å². The summed E-state index contributed by atoms with van der Waals surface area (Å²) in [6, 6.07) is 1.66. The Morgan fingerprint density at radius 1 is 1.62 bits per heavy atom. The third kappa shape index (κ3) is 2.44. The highest BCUT2D eigenvalue weighted by molar-refractivity contribution is 9.09. The van der Waals surface area contributed by atoms with Crippen LogP contribution in [0.2, 0.25) is 0 Å². The summed E-state index contributed by atoms with van der Waals surface area (Å²) in [6.07, 6.45) is 3.23. The van der Waals surface area contributed by atoms with Crippen molar-refractivity contribution in [1.29, 1.82) is 0 Å². The molecule has 1 aliphatic heterocycles. The fraction of sp³-hybridized carbons (Fsp3) is 0.600. The zero-order valence-corrected chi connectivity index (χ0v) is 10.4. The van der Waals surface area contributed by atoms with Crippen LogP contribution in [0.5, 0.6) is 0 Å². The van der Waals surface area contributed by atoms with Crippen LogP contribution >= 0.6 is 15.9 Å². The van der Waals surface area contributed by atoms with Crippen LogP contribution in [0.1, 0.15) is 23.3 Å². The van der Waals surface area contributed by atoms with E-state index >= 15 is 0 Å². The summed E-state index contributed by atoms with van der Waals surface area (Å²) in [4.78, 5) is 11.9. The van der Waals surface area contributed by atoms with E-state index < -0.39 is 0 Å². The molecule has 1 aromatic rings. The first kappa shape index (κ1) is 11.6. The van der Waals surface area contributed by atoms with Crippen LogP contribution < -0.4 is 5.32 Å². The van der Waals surface area contributed by atoms with Crippen molar-refractivity contribution in [2.45, 2.75) is 18.4 Å². The lowest BCUT2D eigenvalue weighted by Crippen LogP contribution is -2.53. The second-order valence-electron chi connectivity index (χ2n) is 3.95. The van der Waals surface area contributed by atoms with Crippen molar-refractivity contribution in [3.8, 4) is 0 Å². The lowest BCUT2D eigenvalue weighted by molar-refractivity contribution is 0.0440. The van der Waals surface area contributed by atoms with Gasteiger partial charge in [0, 0.05) is 24.7 Å². The number of amides is 1. The van der Waals surface area contributed by atoms with Gasteiger partial charge in [0.15, 0.2) is 0 Å². The third-order valence-electron chi connectivity index (χ3n) is 2.83. The molecule has 0 saturated carbocycles. The normalized spacial score (nSPS) is 19.3. The summed E-state index contributed by atoms with van der Waals surface area (Å²) in [5.74, 6) is -0.112. The molecule has 0 spiro atoms. The predicted molar refractivity (Wildman–Crippen MR) is 62.6 cm³/mol. The highest BCUT2D eigenvalue weighted by atomic mass is 79.9. The molecule has 6 heteroatoms. The third-order valence-corrected chi connectivity index (χ3v) is 3.90. The van der Waals surface area contributed by atoms with Crippen LogP contribution in [0.3, 0.4) is 0 Å². The van der Waals surface area contributed by atoms with Crippen LogP contribution in [-0.2, 0) is 4.74 Å². The summed E-state index contributed by atoms with van der Waals surface area (Å²) in [7, 11) is 0. The number of ether oxygens (including phenoxy) is 1. The van der Waals surface area contributed by atoms with Gasteiger partial charge in [-0.25, -0.2) is 0 Å². The van der Waals surface area contributed by atoms with E-state index in [2.05, 4.69) is 31.4 Å². The van der Waals surface area contributed by atoms with Crippen molar-refractivity contribution in [2.75, 3.05) is 18.5 Å². The van der Waals surface area contributed by atoms with Gasteiger partial charge in [0.05, 0.1) is 5.54 Å². The second-order valence-corrected chi connectivity index (χ2v) is 4.51. The smallest absolute Gasteiger partial charge is 0.269 e. The summed E-state index contributed by atoms with van der Waals surface area (Å²) in [6.45, 7) is 1.38. The molecule has 0 radical (unpaired) electrons. The molecule has 1 saturated heterocycles. The number of carbonyl (C=O) groups is 1. The number of aromatic amines is 1. The minimum atomic E-state index is -0.194. The van der Waals surface area contributed by atoms with Crippen molar-refractivity contribution in [1.82, 2.24) is 15.5 Å². The van der Waals surface area contributed by atoms with Gasteiger partial charge in [-0.3, -0.25) is 9.89 Å². The molecule has 0 bridgehead atoms. The van der Waals surface area contributed by atoms with Crippen molar-refractivity contribution >= 4 is 21.8 Å². The van der Waals surface area contributed by atoms with Gasteiger partial charge in [0.2, 0.25) is 0 Å². The zero-order chi connectivity index (χ0) is 11.4. The van der Waals surface area contributed by atoms with Crippen LogP contribution in [-0.4, -0.2) is 40.2 Å². The van der Waals surface area contributed by atoms with Gasteiger partial charge < -0.3 is 10.1 Å². The molecule has 1 fully saturated rings. The number of carbonyl (C=O) groups excluding carboxylic acids is 1. The molecule has 1 aliphatic rings. The predicted octanol–water partition coefficient (Wildman–Crippen LogP) is 1.08. The van der Waals surface area contributed by atoms with Gasteiger partial charge in [-0.2, -0.15) is 5.10 Å². The van der Waals surface area contributed by atoms with E-state index in [4.69, 9.17) is 4.74 Å². The summed E-state index contributed by atoms with van der Waals surface area (Å²) < 4.78 is 5.31. The number of H-pyrrole nitrogens is 1. The van der Waals surface area contributed by atoms with Gasteiger partial charge in [-0.15, -0.1) is 0 Å². The van der Waals surface area contributed by atoms with Crippen molar-refractivity contribution in [2.24, 2.45) is 0 Å². The van der Waals surface area contributed by atoms with Crippen LogP contribution in [0.15, 0.2) is 12.3 Å². The van der Waals surface area contributed by atoms with Crippen LogP contribution in [0.25, 0.3) is 0 Å². The highest BCUT2D eigenvalue weighted by Gasteiger charge is 2.33. The Bertz CT molecular complexity index is 347. The van der Waals surface area contributed by atoms with E-state index in [1.807, 2.05) is 0 Å². The van der Waals surface area contributed by atoms with Crippen molar-refractivity contribution in [3.63, 3.8) is 0 Å². The molecule has 0 aromatic carbocycles. The Morgan fingerprint density at radius 3 is 2.94 bits per heavy atom.